The Bertz CT molecular complexity index is 1110. The van der Waals surface area contributed by atoms with Gasteiger partial charge in [-0.3, -0.25) is 4.79 Å². The third kappa shape index (κ3) is 4.34. The minimum absolute atomic E-state index is 0.243. The molecule has 1 heterocycles. The summed E-state index contributed by atoms with van der Waals surface area (Å²) in [5, 5.41) is 25.4. The molecule has 2 N–H and O–H groups in total. The Morgan fingerprint density at radius 1 is 1.03 bits per heavy atom. The molecule has 0 fully saturated rings. The minimum atomic E-state index is -0.384. The molecule has 3 aromatic rings. The molecule has 7 nitrogen and oxygen atoms in total. The van der Waals surface area contributed by atoms with Crippen LogP contribution in [0.5, 0.6) is 28.7 Å². The highest BCUT2D eigenvalue weighted by Gasteiger charge is 2.29. The number of rotatable bonds is 6. The Morgan fingerprint density at radius 3 is 2.23 bits per heavy atom. The number of hydrogen-bond donors (Lipinski definition) is 2. The predicted molar refractivity (Wildman–Crippen MR) is 119 cm³/mol. The van der Waals surface area contributed by atoms with Gasteiger partial charge in [0, 0.05) is 6.42 Å². The van der Waals surface area contributed by atoms with E-state index in [0.29, 0.717) is 34.4 Å². The minimum Gasteiger partial charge on any atom is -0.504 e. The van der Waals surface area contributed by atoms with Crippen LogP contribution in [0.3, 0.4) is 0 Å². The maximum Gasteiger partial charge on any atom is 0.230 e. The summed E-state index contributed by atoms with van der Waals surface area (Å²) in [4.78, 5) is 11.6. The van der Waals surface area contributed by atoms with E-state index in [1.807, 2.05) is 48.5 Å². The van der Waals surface area contributed by atoms with E-state index in [-0.39, 0.29) is 17.5 Å². The maximum absolute atomic E-state index is 11.6. The van der Waals surface area contributed by atoms with Gasteiger partial charge in [-0.15, -0.1) is 0 Å². The van der Waals surface area contributed by atoms with Crippen LogP contribution in [0.1, 0.15) is 23.6 Å². The van der Waals surface area contributed by atoms with Gasteiger partial charge in [0.25, 0.3) is 0 Å². The largest absolute Gasteiger partial charge is 0.504 e. The number of phenolic OH excluding ortho intramolecular Hbond substituents is 2. The number of hydrogen-bond acceptors (Lipinski definition) is 6. The summed E-state index contributed by atoms with van der Waals surface area (Å²) in [5.41, 5.74) is 2.25. The van der Waals surface area contributed by atoms with E-state index in [1.165, 1.54) is 11.1 Å². The molecule has 0 spiro atoms. The van der Waals surface area contributed by atoms with Crippen LogP contribution in [0.4, 0.5) is 0 Å². The number of phenols is 2. The zero-order chi connectivity index (χ0) is 22.0. The fourth-order valence-corrected chi connectivity index (χ4v) is 3.83. The van der Waals surface area contributed by atoms with Gasteiger partial charge in [-0.05, 0) is 87.7 Å². The number of benzene rings is 3. The van der Waals surface area contributed by atoms with E-state index in [4.69, 9.17) is 9.47 Å². The topological polar surface area (TPSA) is 91.6 Å². The fourth-order valence-electron chi connectivity index (χ4n) is 3.36. The van der Waals surface area contributed by atoms with Gasteiger partial charge in [0.1, 0.15) is 17.2 Å². The molecule has 1 aliphatic heterocycles. The SMILES string of the molecule is COc1ccc(Oc2ccc(C3=NN(C=O)C(c4cc(O)c(O)c(Br)c4)C3)cc2)cc1. The summed E-state index contributed by atoms with van der Waals surface area (Å²) in [6.07, 6.45) is 1.12. The molecule has 3 aromatic carbocycles. The van der Waals surface area contributed by atoms with Crippen molar-refractivity contribution in [2.75, 3.05) is 7.11 Å². The second-order valence-corrected chi connectivity index (χ2v) is 7.78. The summed E-state index contributed by atoms with van der Waals surface area (Å²) in [6.45, 7) is 0. The predicted octanol–water partition coefficient (Wildman–Crippen LogP) is 4.97. The normalized spacial score (nSPS) is 15.5. The molecule has 1 aliphatic rings. The summed E-state index contributed by atoms with van der Waals surface area (Å²) >= 11 is 3.21. The Morgan fingerprint density at radius 2 is 1.65 bits per heavy atom. The number of methoxy groups -OCH3 is 1. The summed E-state index contributed by atoms with van der Waals surface area (Å²) in [5.74, 6) is 1.61. The summed E-state index contributed by atoms with van der Waals surface area (Å²) < 4.78 is 11.3. The van der Waals surface area contributed by atoms with E-state index in [2.05, 4.69) is 21.0 Å². The number of amides is 1. The number of nitrogens with zero attached hydrogens (tertiary/aromatic N) is 2. The molecular weight excluding hydrogens is 464 g/mol. The summed E-state index contributed by atoms with van der Waals surface area (Å²) in [7, 11) is 1.61. The zero-order valence-electron chi connectivity index (χ0n) is 16.5. The third-order valence-corrected chi connectivity index (χ3v) is 5.59. The zero-order valence-corrected chi connectivity index (χ0v) is 18.1. The van der Waals surface area contributed by atoms with Gasteiger partial charge in [-0.1, -0.05) is 0 Å². The Labute approximate surface area is 187 Å². The first-order chi connectivity index (χ1) is 15.0. The number of ether oxygens (including phenoxy) is 2. The maximum atomic E-state index is 11.6. The lowest BCUT2D eigenvalue weighted by Gasteiger charge is -2.18. The van der Waals surface area contributed by atoms with E-state index < -0.39 is 0 Å². The average Bonchev–Trinajstić information content (AvgIpc) is 3.23. The Hall–Kier alpha value is -3.52. The van der Waals surface area contributed by atoms with Gasteiger partial charge in [-0.2, -0.15) is 5.10 Å². The molecule has 4 rings (SSSR count). The molecule has 0 aromatic heterocycles. The molecule has 31 heavy (non-hydrogen) atoms. The van der Waals surface area contributed by atoms with Gasteiger partial charge in [-0.25, -0.2) is 5.01 Å². The van der Waals surface area contributed by atoms with E-state index >= 15 is 0 Å². The molecule has 0 radical (unpaired) electrons. The number of halogens is 1. The molecule has 1 unspecified atom stereocenters. The van der Waals surface area contributed by atoms with Gasteiger partial charge in [0.2, 0.25) is 6.41 Å². The lowest BCUT2D eigenvalue weighted by molar-refractivity contribution is -0.119. The molecule has 158 valence electrons. The Balaban J connectivity index is 1.51. The van der Waals surface area contributed by atoms with Gasteiger partial charge < -0.3 is 19.7 Å². The second-order valence-electron chi connectivity index (χ2n) is 6.92. The van der Waals surface area contributed by atoms with Crippen LogP contribution < -0.4 is 9.47 Å². The van der Waals surface area contributed by atoms with Crippen molar-refractivity contribution in [1.29, 1.82) is 0 Å². The van der Waals surface area contributed by atoms with Crippen LogP contribution in [0.2, 0.25) is 0 Å². The third-order valence-electron chi connectivity index (χ3n) is 4.98. The van der Waals surface area contributed by atoms with Crippen LogP contribution in [0, 0.1) is 0 Å². The smallest absolute Gasteiger partial charge is 0.230 e. The monoisotopic (exact) mass is 482 g/mol. The highest BCUT2D eigenvalue weighted by Crippen LogP contribution is 2.40. The van der Waals surface area contributed by atoms with Crippen molar-refractivity contribution in [3.63, 3.8) is 0 Å². The molecule has 0 saturated heterocycles. The highest BCUT2D eigenvalue weighted by molar-refractivity contribution is 9.10. The first-order valence-electron chi connectivity index (χ1n) is 9.43. The number of aromatic hydroxyl groups is 2. The molecule has 1 atom stereocenters. The van der Waals surface area contributed by atoms with Gasteiger partial charge >= 0.3 is 0 Å². The van der Waals surface area contributed by atoms with E-state index in [0.717, 1.165) is 17.0 Å². The van der Waals surface area contributed by atoms with Crippen molar-refractivity contribution < 1.29 is 24.5 Å². The molecule has 0 bridgehead atoms. The summed E-state index contributed by atoms with van der Waals surface area (Å²) in [6, 6.07) is 17.5. The van der Waals surface area contributed by atoms with Crippen molar-refractivity contribution in [2.45, 2.75) is 12.5 Å². The molecule has 0 aliphatic carbocycles. The van der Waals surface area contributed by atoms with Crippen LogP contribution in [0.15, 0.2) is 70.2 Å². The molecule has 8 heteroatoms. The lowest BCUT2D eigenvalue weighted by Crippen LogP contribution is -2.17. The van der Waals surface area contributed by atoms with Crippen molar-refractivity contribution in [2.24, 2.45) is 5.10 Å². The van der Waals surface area contributed by atoms with Crippen molar-refractivity contribution >= 4 is 28.1 Å². The van der Waals surface area contributed by atoms with Gasteiger partial charge in [0.15, 0.2) is 11.5 Å². The van der Waals surface area contributed by atoms with Crippen molar-refractivity contribution in [1.82, 2.24) is 5.01 Å². The first-order valence-corrected chi connectivity index (χ1v) is 10.2. The van der Waals surface area contributed by atoms with Crippen LogP contribution in [-0.2, 0) is 4.79 Å². The highest BCUT2D eigenvalue weighted by atomic mass is 79.9. The quantitative estimate of drug-likeness (QED) is 0.382. The Kier molecular flexibility index (Phi) is 5.81. The van der Waals surface area contributed by atoms with Crippen molar-refractivity contribution in [3.8, 4) is 28.7 Å². The van der Waals surface area contributed by atoms with Gasteiger partial charge in [0.05, 0.1) is 23.3 Å². The second kappa shape index (κ2) is 8.69. The molecular formula is C23H19BrN2O5. The number of carbonyl (C=O) groups is 1. The van der Waals surface area contributed by atoms with Crippen LogP contribution in [0.25, 0.3) is 0 Å². The van der Waals surface area contributed by atoms with Crippen LogP contribution in [-0.4, -0.2) is 34.5 Å². The first kappa shape index (κ1) is 20.7. The lowest BCUT2D eigenvalue weighted by atomic mass is 9.98. The average molecular weight is 483 g/mol. The number of hydrazone groups is 1. The fraction of sp³-hybridized carbons (Fsp3) is 0.130. The van der Waals surface area contributed by atoms with Crippen LogP contribution >= 0.6 is 15.9 Å². The molecule has 1 amide bonds. The van der Waals surface area contributed by atoms with E-state index in [9.17, 15) is 15.0 Å². The number of carbonyl (C=O) groups excluding carboxylic acids is 1. The molecule has 0 saturated carbocycles. The van der Waals surface area contributed by atoms with Crippen molar-refractivity contribution in [3.05, 3.63) is 76.3 Å². The standard InChI is InChI=1S/C23H19BrN2O5/c1-30-16-6-8-18(9-7-16)31-17-4-2-14(3-5-17)20-12-21(26(13-27)25-20)15-10-19(24)23(29)22(28)11-15/h2-11,13,21,28-29H,12H2,1H3. The van der Waals surface area contributed by atoms with E-state index in [1.54, 1.807) is 13.2 Å².